The van der Waals surface area contributed by atoms with E-state index in [-0.39, 0.29) is 71.3 Å². The van der Waals surface area contributed by atoms with Crippen LogP contribution in [0.15, 0.2) is 0 Å². The van der Waals surface area contributed by atoms with Gasteiger partial charge in [0.2, 0.25) is 0 Å². The van der Waals surface area contributed by atoms with Gasteiger partial charge in [-0.2, -0.15) is 0 Å². The van der Waals surface area contributed by atoms with Crippen LogP contribution in [0.25, 0.3) is 0 Å². The second kappa shape index (κ2) is 10.1. The van der Waals surface area contributed by atoms with Crippen LogP contribution >= 0.6 is 0 Å². The fraction of sp³-hybridized carbons (Fsp3) is 0. The molecule has 0 aliphatic heterocycles. The SMILES string of the molecule is O=[Si]([O-])[O-].[Tb+3].[Y+3]. The molecule has 30 valence electrons. The Bertz CT molecular complexity index is 33.8. The van der Waals surface area contributed by atoms with Crippen molar-refractivity contribution in [3.63, 3.8) is 0 Å². The van der Waals surface area contributed by atoms with E-state index in [0.717, 1.165) is 0 Å². The second-order valence-electron chi connectivity index (χ2n) is 0.250. The Labute approximate surface area is 92.7 Å². The molecule has 0 rings (SSSR count). The molecule has 0 unspecified atom stereocenters. The van der Waals surface area contributed by atoms with E-state index in [9.17, 15) is 0 Å². The van der Waals surface area contributed by atoms with Crippen molar-refractivity contribution in [3.05, 3.63) is 0 Å². The smallest absolute Gasteiger partial charge is 0.672 e. The first-order valence-corrected chi connectivity index (χ1v) is 1.84. The van der Waals surface area contributed by atoms with Crippen molar-refractivity contribution in [2.75, 3.05) is 0 Å². The molecule has 3 nitrogen and oxygen atoms in total. The molecule has 6 heavy (non-hydrogen) atoms. The van der Waals surface area contributed by atoms with Gasteiger partial charge in [-0.05, 0) is 0 Å². The maximum absolute atomic E-state index is 8.52. The summed E-state index contributed by atoms with van der Waals surface area (Å²) in [5, 5.41) is 0. The summed E-state index contributed by atoms with van der Waals surface area (Å²) in [6.45, 7) is 0. The molecular formula is O3SiTbY+4. The first kappa shape index (κ1) is 15.7. The molecule has 0 fully saturated rings. The van der Waals surface area contributed by atoms with Crippen molar-refractivity contribution in [1.82, 2.24) is 0 Å². The third-order valence-corrected chi connectivity index (χ3v) is 0. The van der Waals surface area contributed by atoms with Crippen LogP contribution < -0.4 is 9.59 Å². The van der Waals surface area contributed by atoms with Crippen LogP contribution in [0.5, 0.6) is 0 Å². The maximum atomic E-state index is 8.52. The van der Waals surface area contributed by atoms with Gasteiger partial charge in [0.1, 0.15) is 0 Å². The van der Waals surface area contributed by atoms with E-state index in [1.54, 1.807) is 0 Å². The third kappa shape index (κ3) is 37.4. The van der Waals surface area contributed by atoms with Gasteiger partial charge in [0, 0.05) is 9.17 Å². The Morgan fingerprint density at radius 2 is 1.33 bits per heavy atom. The first-order chi connectivity index (χ1) is 1.73. The quantitative estimate of drug-likeness (QED) is 0.450. The van der Waals surface area contributed by atoms with Gasteiger partial charge in [0.15, 0.2) is 0 Å². The molecule has 0 spiro atoms. The molecule has 0 heterocycles. The standard InChI is InChI=1S/O3Si.Tb.Y/c1-4(2)3;;/q-2;2*+3. The van der Waals surface area contributed by atoms with Gasteiger partial charge in [0.05, 0.1) is 0 Å². The van der Waals surface area contributed by atoms with Crippen LogP contribution in [0.4, 0.5) is 0 Å². The Morgan fingerprint density at radius 3 is 1.33 bits per heavy atom. The van der Waals surface area contributed by atoms with Crippen LogP contribution in [-0.4, -0.2) is 9.17 Å². The molecule has 0 saturated carbocycles. The third-order valence-electron chi connectivity index (χ3n) is 0. The zero-order valence-corrected chi connectivity index (χ0v) is 8.61. The molecular weight excluding hydrogens is 324 g/mol. The minimum atomic E-state index is -3.63. The van der Waals surface area contributed by atoms with Crippen LogP contribution in [0.2, 0.25) is 0 Å². The van der Waals surface area contributed by atoms with Gasteiger partial charge < -0.3 is 14.1 Å². The largest absolute Gasteiger partial charge is 3.00 e. The van der Waals surface area contributed by atoms with Crippen molar-refractivity contribution in [2.24, 2.45) is 0 Å². The Kier molecular flexibility index (Phi) is 26.4. The normalized spacial score (nSPS) is 4.00. The predicted molar refractivity (Wildman–Crippen MR) is 6.44 cm³/mol. The zero-order valence-electron chi connectivity index (χ0n) is 2.64. The minimum Gasteiger partial charge on any atom is -0.672 e. The summed E-state index contributed by atoms with van der Waals surface area (Å²) >= 11 is 0. The Hall–Kier alpha value is 2.01. The number of rotatable bonds is 0. The Balaban J connectivity index is -0.0000000450. The van der Waals surface area contributed by atoms with Crippen molar-refractivity contribution in [3.8, 4) is 0 Å². The van der Waals surface area contributed by atoms with Crippen molar-refractivity contribution < 1.29 is 85.4 Å². The maximum Gasteiger partial charge on any atom is 3.00 e. The van der Waals surface area contributed by atoms with Crippen LogP contribution in [0.3, 0.4) is 0 Å². The molecule has 0 N–H and O–H groups in total. The molecule has 0 aromatic rings. The zero-order chi connectivity index (χ0) is 3.58. The summed E-state index contributed by atoms with van der Waals surface area (Å²) in [4.78, 5) is 17.0. The molecule has 0 aromatic carbocycles. The molecule has 0 aromatic heterocycles. The van der Waals surface area contributed by atoms with Gasteiger partial charge in [0.25, 0.3) is 0 Å². The molecule has 0 aliphatic rings. The van der Waals surface area contributed by atoms with Crippen LogP contribution in [0.1, 0.15) is 0 Å². The summed E-state index contributed by atoms with van der Waals surface area (Å²) < 4.78 is 8.52. The average molecular weight is 324 g/mol. The van der Waals surface area contributed by atoms with Gasteiger partial charge in [-0.15, -0.1) is 0 Å². The number of hydrogen-bond donors (Lipinski definition) is 0. The van der Waals surface area contributed by atoms with E-state index in [1.165, 1.54) is 0 Å². The van der Waals surface area contributed by atoms with Crippen LogP contribution in [0, 0.1) is 38.6 Å². The molecule has 6 heteroatoms. The molecule has 0 saturated heterocycles. The summed E-state index contributed by atoms with van der Waals surface area (Å²) in [6, 6.07) is 0. The van der Waals surface area contributed by atoms with Gasteiger partial charge in [-0.1, -0.05) is 0 Å². The summed E-state index contributed by atoms with van der Waals surface area (Å²) in [7, 11) is -3.63. The molecule has 0 bridgehead atoms. The van der Waals surface area contributed by atoms with E-state index in [2.05, 4.69) is 0 Å². The fourth-order valence-electron chi connectivity index (χ4n) is 0. The van der Waals surface area contributed by atoms with E-state index < -0.39 is 9.17 Å². The van der Waals surface area contributed by atoms with E-state index in [4.69, 9.17) is 14.1 Å². The van der Waals surface area contributed by atoms with E-state index in [0.29, 0.717) is 0 Å². The predicted octanol–water partition coefficient (Wildman–Crippen LogP) is -2.88. The summed E-state index contributed by atoms with van der Waals surface area (Å²) in [5.74, 6) is 0. The van der Waals surface area contributed by atoms with E-state index in [1.807, 2.05) is 0 Å². The van der Waals surface area contributed by atoms with Gasteiger partial charge >= 0.3 is 71.3 Å². The summed E-state index contributed by atoms with van der Waals surface area (Å²) in [6.07, 6.45) is 0. The minimum absolute atomic E-state index is 0. The fourth-order valence-corrected chi connectivity index (χ4v) is 0. The van der Waals surface area contributed by atoms with Crippen molar-refractivity contribution >= 4 is 9.17 Å². The summed E-state index contributed by atoms with van der Waals surface area (Å²) in [5.41, 5.74) is 0. The average Bonchev–Trinajstić information content (AvgIpc) is 0.811. The van der Waals surface area contributed by atoms with Crippen LogP contribution in [-0.2, 0) is 37.2 Å². The van der Waals surface area contributed by atoms with Crippen molar-refractivity contribution in [2.45, 2.75) is 0 Å². The Morgan fingerprint density at radius 1 is 1.33 bits per heavy atom. The van der Waals surface area contributed by atoms with Gasteiger partial charge in [-0.3, -0.25) is 0 Å². The monoisotopic (exact) mass is 324 g/mol. The van der Waals surface area contributed by atoms with Gasteiger partial charge in [-0.25, -0.2) is 0 Å². The molecule has 0 radical (unpaired) electrons. The second-order valence-corrected chi connectivity index (χ2v) is 0.750. The topological polar surface area (TPSA) is 63.2 Å². The van der Waals surface area contributed by atoms with Crippen molar-refractivity contribution in [1.29, 1.82) is 0 Å². The molecule has 0 amide bonds. The molecule has 0 aliphatic carbocycles. The van der Waals surface area contributed by atoms with E-state index >= 15 is 0 Å². The number of hydrogen-bond acceptors (Lipinski definition) is 3. The first-order valence-electron chi connectivity index (χ1n) is 0.612. The molecule has 0 atom stereocenters.